The zero-order valence-corrected chi connectivity index (χ0v) is 12.5. The average Bonchev–Trinajstić information content (AvgIpc) is 2.46. The third-order valence-electron chi connectivity index (χ3n) is 3.73. The van der Waals surface area contributed by atoms with Crippen molar-refractivity contribution in [1.82, 2.24) is 5.01 Å². The zero-order chi connectivity index (χ0) is 15.2. The van der Waals surface area contributed by atoms with Crippen molar-refractivity contribution in [2.24, 2.45) is 5.10 Å². The maximum Gasteiger partial charge on any atom is 0.341 e. The molecule has 1 saturated heterocycles. The highest BCUT2D eigenvalue weighted by atomic mass is 16.5. The predicted octanol–water partition coefficient (Wildman–Crippen LogP) is 2.75. The minimum absolute atomic E-state index is 0.323. The molecule has 2 atom stereocenters. The number of nitrogens with zero attached hydrogens (tertiary/aromatic N) is 2. The summed E-state index contributed by atoms with van der Waals surface area (Å²) in [5.74, 6) is -0.428. The summed E-state index contributed by atoms with van der Waals surface area (Å²) < 4.78 is 5.10. The van der Waals surface area contributed by atoms with Gasteiger partial charge in [0.2, 0.25) is 0 Å². The molecular formula is C16H22N2O3. The zero-order valence-electron chi connectivity index (χ0n) is 12.5. The van der Waals surface area contributed by atoms with Gasteiger partial charge in [-0.1, -0.05) is 0 Å². The van der Waals surface area contributed by atoms with Crippen molar-refractivity contribution in [2.75, 3.05) is 6.61 Å². The predicted molar refractivity (Wildman–Crippen MR) is 81.8 cm³/mol. The molecule has 0 saturated carbocycles. The van der Waals surface area contributed by atoms with Crippen LogP contribution in [0, 0.1) is 0 Å². The summed E-state index contributed by atoms with van der Waals surface area (Å²) in [6.45, 7) is 4.09. The van der Waals surface area contributed by atoms with Crippen LogP contribution >= 0.6 is 0 Å². The number of aliphatic carboxylic acids is 1. The van der Waals surface area contributed by atoms with Crippen LogP contribution in [0.1, 0.15) is 38.7 Å². The Balaban J connectivity index is 1.95. The van der Waals surface area contributed by atoms with Crippen molar-refractivity contribution < 1.29 is 14.6 Å². The Kier molecular flexibility index (Phi) is 5.20. The van der Waals surface area contributed by atoms with Crippen LogP contribution in [0.4, 0.5) is 0 Å². The van der Waals surface area contributed by atoms with E-state index in [0.717, 1.165) is 5.56 Å². The van der Waals surface area contributed by atoms with Crippen LogP contribution in [0.5, 0.6) is 5.75 Å². The molecule has 1 aromatic carbocycles. The fourth-order valence-electron chi connectivity index (χ4n) is 2.56. The van der Waals surface area contributed by atoms with Crippen molar-refractivity contribution >= 4 is 12.2 Å². The molecule has 1 N–H and O–H groups in total. The van der Waals surface area contributed by atoms with Gasteiger partial charge < -0.3 is 9.84 Å². The first-order valence-electron chi connectivity index (χ1n) is 7.33. The highest BCUT2D eigenvalue weighted by Gasteiger charge is 2.22. The van der Waals surface area contributed by atoms with Crippen molar-refractivity contribution in [2.45, 2.75) is 45.2 Å². The first-order chi connectivity index (χ1) is 10.1. The van der Waals surface area contributed by atoms with E-state index in [4.69, 9.17) is 9.84 Å². The molecule has 0 aromatic heterocycles. The molecule has 0 amide bonds. The van der Waals surface area contributed by atoms with Crippen LogP contribution < -0.4 is 4.74 Å². The summed E-state index contributed by atoms with van der Waals surface area (Å²) in [4.78, 5) is 10.4. The molecule has 0 aliphatic carbocycles. The standard InChI is InChI=1S/C16H22N2O3/c1-12-4-3-5-13(2)18(12)17-10-14-6-8-15(9-7-14)21-11-16(19)20/h6-10,12-13H,3-5,11H2,1-2H3,(H,19,20)/b17-10-/t12-,13+. The van der Waals surface area contributed by atoms with Gasteiger partial charge in [-0.25, -0.2) is 4.79 Å². The second kappa shape index (κ2) is 7.11. The summed E-state index contributed by atoms with van der Waals surface area (Å²) in [5, 5.41) is 15.3. The van der Waals surface area contributed by atoms with Crippen molar-refractivity contribution in [3.8, 4) is 5.75 Å². The molecular weight excluding hydrogens is 268 g/mol. The second-order valence-corrected chi connectivity index (χ2v) is 5.50. The molecule has 1 fully saturated rings. The normalized spacial score (nSPS) is 22.5. The van der Waals surface area contributed by atoms with Gasteiger partial charge in [-0.05, 0) is 62.9 Å². The molecule has 21 heavy (non-hydrogen) atoms. The summed E-state index contributed by atoms with van der Waals surface area (Å²) in [6, 6.07) is 8.21. The van der Waals surface area contributed by atoms with Crippen molar-refractivity contribution in [3.63, 3.8) is 0 Å². The second-order valence-electron chi connectivity index (χ2n) is 5.50. The molecule has 1 aliphatic heterocycles. The minimum Gasteiger partial charge on any atom is -0.482 e. The van der Waals surface area contributed by atoms with Gasteiger partial charge in [0.15, 0.2) is 6.61 Å². The highest BCUT2D eigenvalue weighted by Crippen LogP contribution is 2.22. The number of rotatable bonds is 5. The Hall–Kier alpha value is -2.04. The van der Waals surface area contributed by atoms with Gasteiger partial charge in [0, 0.05) is 12.1 Å². The Morgan fingerprint density at radius 3 is 2.52 bits per heavy atom. The molecule has 114 valence electrons. The van der Waals surface area contributed by atoms with Gasteiger partial charge in [0.05, 0.1) is 6.21 Å². The van der Waals surface area contributed by atoms with E-state index < -0.39 is 5.97 Å². The third-order valence-corrected chi connectivity index (χ3v) is 3.73. The molecule has 5 nitrogen and oxygen atoms in total. The number of piperidine rings is 1. The van der Waals surface area contributed by atoms with E-state index in [1.54, 1.807) is 12.1 Å². The van der Waals surface area contributed by atoms with Crippen molar-refractivity contribution in [1.29, 1.82) is 0 Å². The molecule has 5 heteroatoms. The molecule has 0 unspecified atom stereocenters. The molecule has 1 aromatic rings. The summed E-state index contributed by atoms with van der Waals surface area (Å²) in [6.07, 6.45) is 5.48. The van der Waals surface area contributed by atoms with Crippen molar-refractivity contribution in [3.05, 3.63) is 29.8 Å². The van der Waals surface area contributed by atoms with Crippen LogP contribution in [0.25, 0.3) is 0 Å². The molecule has 1 heterocycles. The Labute approximate surface area is 125 Å². The lowest BCUT2D eigenvalue weighted by Gasteiger charge is -2.36. The number of ether oxygens (including phenoxy) is 1. The number of hydrogen-bond acceptors (Lipinski definition) is 4. The SMILES string of the molecule is C[C@@H]1CCC[C@H](C)N1/N=C\c1ccc(OCC(=O)O)cc1. The van der Waals surface area contributed by atoms with E-state index in [0.29, 0.717) is 17.8 Å². The van der Waals surface area contributed by atoms with Gasteiger partial charge >= 0.3 is 5.97 Å². The maximum atomic E-state index is 10.4. The van der Waals surface area contributed by atoms with Gasteiger partial charge in [-0.2, -0.15) is 5.10 Å². The number of carboxylic acids is 1. The molecule has 0 radical (unpaired) electrons. The number of carbonyl (C=O) groups is 1. The van der Waals surface area contributed by atoms with Gasteiger partial charge in [0.1, 0.15) is 5.75 Å². The monoisotopic (exact) mass is 290 g/mol. The van der Waals surface area contributed by atoms with E-state index in [1.165, 1.54) is 19.3 Å². The fourth-order valence-corrected chi connectivity index (χ4v) is 2.56. The molecule has 2 rings (SSSR count). The minimum atomic E-state index is -0.978. The Bertz CT molecular complexity index is 489. The maximum absolute atomic E-state index is 10.4. The first kappa shape index (κ1) is 15.4. The number of hydrogen-bond donors (Lipinski definition) is 1. The molecule has 0 bridgehead atoms. The lowest BCUT2D eigenvalue weighted by atomic mass is 10.00. The Morgan fingerprint density at radius 2 is 1.95 bits per heavy atom. The number of benzene rings is 1. The summed E-state index contributed by atoms with van der Waals surface area (Å²) in [7, 11) is 0. The van der Waals surface area contributed by atoms with E-state index in [-0.39, 0.29) is 6.61 Å². The van der Waals surface area contributed by atoms with Crippen LogP contribution in [0.15, 0.2) is 29.4 Å². The lowest BCUT2D eigenvalue weighted by molar-refractivity contribution is -0.139. The smallest absolute Gasteiger partial charge is 0.341 e. The first-order valence-corrected chi connectivity index (χ1v) is 7.33. The van der Waals surface area contributed by atoms with E-state index in [1.807, 2.05) is 18.3 Å². The molecule has 0 spiro atoms. The summed E-state index contributed by atoms with van der Waals surface area (Å²) in [5.41, 5.74) is 0.975. The lowest BCUT2D eigenvalue weighted by Crippen LogP contribution is -2.39. The largest absolute Gasteiger partial charge is 0.482 e. The third kappa shape index (κ3) is 4.48. The van der Waals surface area contributed by atoms with E-state index in [2.05, 4.69) is 24.0 Å². The van der Waals surface area contributed by atoms with Gasteiger partial charge in [-0.15, -0.1) is 0 Å². The number of hydrazone groups is 1. The van der Waals surface area contributed by atoms with E-state index >= 15 is 0 Å². The summed E-state index contributed by atoms with van der Waals surface area (Å²) >= 11 is 0. The Morgan fingerprint density at radius 1 is 1.33 bits per heavy atom. The quantitative estimate of drug-likeness (QED) is 0.847. The van der Waals surface area contributed by atoms with Crippen LogP contribution in [0.2, 0.25) is 0 Å². The van der Waals surface area contributed by atoms with Crippen LogP contribution in [-0.4, -0.2) is 41.0 Å². The topological polar surface area (TPSA) is 62.1 Å². The molecule has 1 aliphatic rings. The van der Waals surface area contributed by atoms with Crippen LogP contribution in [0.3, 0.4) is 0 Å². The fraction of sp³-hybridized carbons (Fsp3) is 0.500. The highest BCUT2D eigenvalue weighted by molar-refractivity contribution is 5.79. The van der Waals surface area contributed by atoms with Gasteiger partial charge in [-0.3, -0.25) is 5.01 Å². The van der Waals surface area contributed by atoms with Gasteiger partial charge in [0.25, 0.3) is 0 Å². The number of carboxylic acid groups (broad SMARTS) is 1. The van der Waals surface area contributed by atoms with E-state index in [9.17, 15) is 4.79 Å². The van der Waals surface area contributed by atoms with Crippen LogP contribution in [-0.2, 0) is 4.79 Å². The average molecular weight is 290 g/mol.